The zero-order valence-electron chi connectivity index (χ0n) is 11.6. The Balaban J connectivity index is 2.26. The summed E-state index contributed by atoms with van der Waals surface area (Å²) in [6.07, 6.45) is 1.64. The lowest BCUT2D eigenvalue weighted by Gasteiger charge is -2.24. The zero-order chi connectivity index (χ0) is 14.6. The summed E-state index contributed by atoms with van der Waals surface area (Å²) in [6.45, 7) is 1.94. The molecule has 2 rings (SSSR count). The van der Waals surface area contributed by atoms with Gasteiger partial charge in [-0.2, -0.15) is 0 Å². The maximum Gasteiger partial charge on any atom is 0.130 e. The van der Waals surface area contributed by atoms with Crippen LogP contribution in [0.4, 0.5) is 0 Å². The van der Waals surface area contributed by atoms with Crippen LogP contribution in [-0.4, -0.2) is 13.4 Å². The molecular formula is C17H17ClO2. The lowest BCUT2D eigenvalue weighted by molar-refractivity contribution is -0.112. The quantitative estimate of drug-likeness (QED) is 0.776. The summed E-state index contributed by atoms with van der Waals surface area (Å²) in [6, 6.07) is 15.2. The molecule has 0 aliphatic carbocycles. The summed E-state index contributed by atoms with van der Waals surface area (Å²) >= 11 is 5.90. The third kappa shape index (κ3) is 3.20. The molecule has 0 bridgehead atoms. The number of ether oxygens (including phenoxy) is 1. The Hall–Kier alpha value is -1.80. The topological polar surface area (TPSA) is 26.3 Å². The zero-order valence-corrected chi connectivity index (χ0v) is 12.4. The van der Waals surface area contributed by atoms with Crippen molar-refractivity contribution in [2.24, 2.45) is 0 Å². The minimum absolute atomic E-state index is 0.556. The molecule has 2 aromatic carbocycles. The van der Waals surface area contributed by atoms with Crippen LogP contribution in [0, 0.1) is 0 Å². The predicted octanol–water partition coefficient (Wildman–Crippen LogP) is 4.05. The number of aldehydes is 1. The van der Waals surface area contributed by atoms with Gasteiger partial charge in [0.1, 0.15) is 12.0 Å². The van der Waals surface area contributed by atoms with Gasteiger partial charge in [0.2, 0.25) is 0 Å². The third-order valence-corrected chi connectivity index (χ3v) is 3.75. The summed E-state index contributed by atoms with van der Waals surface area (Å²) in [5.41, 5.74) is 1.50. The van der Waals surface area contributed by atoms with Crippen molar-refractivity contribution in [3.63, 3.8) is 0 Å². The standard InChI is InChI=1S/C17H17ClO2/c1-17(12-19,14-5-7-15(18)8-6-14)11-13-3-9-16(20-2)10-4-13/h3-10,12H,11H2,1-2H3. The number of benzene rings is 2. The molecule has 0 fully saturated rings. The summed E-state index contributed by atoms with van der Waals surface area (Å²) in [4.78, 5) is 11.6. The fourth-order valence-corrected chi connectivity index (χ4v) is 2.34. The molecule has 0 N–H and O–H groups in total. The normalized spacial score (nSPS) is 13.6. The van der Waals surface area contributed by atoms with Gasteiger partial charge < -0.3 is 9.53 Å². The first-order valence-electron chi connectivity index (χ1n) is 6.43. The van der Waals surface area contributed by atoms with E-state index in [0.717, 1.165) is 23.2 Å². The number of halogens is 1. The van der Waals surface area contributed by atoms with Crippen LogP contribution in [-0.2, 0) is 16.6 Å². The molecule has 0 saturated heterocycles. The van der Waals surface area contributed by atoms with E-state index in [-0.39, 0.29) is 0 Å². The number of methoxy groups -OCH3 is 1. The Morgan fingerprint density at radius 2 is 1.70 bits per heavy atom. The van der Waals surface area contributed by atoms with Gasteiger partial charge in [0.25, 0.3) is 0 Å². The molecular weight excluding hydrogens is 272 g/mol. The molecule has 0 aliphatic rings. The fourth-order valence-electron chi connectivity index (χ4n) is 2.21. The number of rotatable bonds is 5. The van der Waals surface area contributed by atoms with Gasteiger partial charge in [0, 0.05) is 5.02 Å². The van der Waals surface area contributed by atoms with E-state index in [4.69, 9.17) is 16.3 Å². The molecule has 3 heteroatoms. The van der Waals surface area contributed by atoms with Gasteiger partial charge in [-0.1, -0.05) is 35.9 Å². The van der Waals surface area contributed by atoms with Crippen molar-refractivity contribution < 1.29 is 9.53 Å². The van der Waals surface area contributed by atoms with Gasteiger partial charge in [-0.25, -0.2) is 0 Å². The van der Waals surface area contributed by atoms with E-state index in [1.165, 1.54) is 0 Å². The number of hydrogen-bond acceptors (Lipinski definition) is 2. The molecule has 0 amide bonds. The van der Waals surface area contributed by atoms with Crippen LogP contribution in [0.2, 0.25) is 5.02 Å². The van der Waals surface area contributed by atoms with Crippen molar-refractivity contribution >= 4 is 17.9 Å². The van der Waals surface area contributed by atoms with Gasteiger partial charge >= 0.3 is 0 Å². The maximum absolute atomic E-state index is 11.6. The second-order valence-corrected chi connectivity index (χ2v) is 5.50. The van der Waals surface area contributed by atoms with Crippen molar-refractivity contribution in [1.29, 1.82) is 0 Å². The molecule has 0 aromatic heterocycles. The smallest absolute Gasteiger partial charge is 0.130 e. The molecule has 2 aromatic rings. The highest BCUT2D eigenvalue weighted by molar-refractivity contribution is 6.30. The summed E-state index contributed by atoms with van der Waals surface area (Å²) in [5.74, 6) is 0.813. The highest BCUT2D eigenvalue weighted by Gasteiger charge is 2.26. The summed E-state index contributed by atoms with van der Waals surface area (Å²) in [7, 11) is 1.64. The van der Waals surface area contributed by atoms with Crippen LogP contribution >= 0.6 is 11.6 Å². The molecule has 20 heavy (non-hydrogen) atoms. The third-order valence-electron chi connectivity index (χ3n) is 3.49. The molecule has 0 spiro atoms. The molecule has 104 valence electrons. The average Bonchev–Trinajstić information content (AvgIpc) is 2.48. The first-order valence-corrected chi connectivity index (χ1v) is 6.80. The lowest BCUT2D eigenvalue weighted by atomic mass is 9.79. The fraction of sp³-hybridized carbons (Fsp3) is 0.235. The number of hydrogen-bond donors (Lipinski definition) is 0. The second kappa shape index (κ2) is 6.10. The molecule has 0 aliphatic heterocycles. The molecule has 0 saturated carbocycles. The predicted molar refractivity (Wildman–Crippen MR) is 81.6 cm³/mol. The Kier molecular flexibility index (Phi) is 4.46. The van der Waals surface area contributed by atoms with Crippen LogP contribution in [0.25, 0.3) is 0 Å². The van der Waals surface area contributed by atoms with Crippen molar-refractivity contribution in [3.05, 3.63) is 64.7 Å². The van der Waals surface area contributed by atoms with Crippen molar-refractivity contribution in [3.8, 4) is 5.75 Å². The SMILES string of the molecule is COc1ccc(CC(C)(C=O)c2ccc(Cl)cc2)cc1. The van der Waals surface area contributed by atoms with E-state index in [1.54, 1.807) is 7.11 Å². The lowest BCUT2D eigenvalue weighted by Crippen LogP contribution is -2.26. The van der Waals surface area contributed by atoms with Crippen LogP contribution in [0.15, 0.2) is 48.5 Å². The largest absolute Gasteiger partial charge is 0.497 e. The highest BCUT2D eigenvalue weighted by atomic mass is 35.5. The van der Waals surface area contributed by atoms with Crippen molar-refractivity contribution in [2.45, 2.75) is 18.8 Å². The van der Waals surface area contributed by atoms with Crippen LogP contribution < -0.4 is 4.74 Å². The van der Waals surface area contributed by atoms with E-state index in [0.29, 0.717) is 11.4 Å². The Bertz CT molecular complexity index is 575. The molecule has 0 heterocycles. The highest BCUT2D eigenvalue weighted by Crippen LogP contribution is 2.28. The minimum Gasteiger partial charge on any atom is -0.497 e. The first kappa shape index (κ1) is 14.6. The molecule has 0 radical (unpaired) electrons. The van der Waals surface area contributed by atoms with E-state index in [2.05, 4.69) is 0 Å². The van der Waals surface area contributed by atoms with Gasteiger partial charge in [-0.3, -0.25) is 0 Å². The molecule has 1 unspecified atom stereocenters. The molecule has 1 atom stereocenters. The maximum atomic E-state index is 11.6. The van der Waals surface area contributed by atoms with Crippen LogP contribution in [0.1, 0.15) is 18.1 Å². The summed E-state index contributed by atoms with van der Waals surface area (Å²) in [5, 5.41) is 0.673. The van der Waals surface area contributed by atoms with Gasteiger partial charge in [0.15, 0.2) is 0 Å². The van der Waals surface area contributed by atoms with Crippen molar-refractivity contribution in [1.82, 2.24) is 0 Å². The van der Waals surface area contributed by atoms with Crippen molar-refractivity contribution in [2.75, 3.05) is 7.11 Å². The van der Waals surface area contributed by atoms with E-state index in [1.807, 2.05) is 55.5 Å². The van der Waals surface area contributed by atoms with E-state index in [9.17, 15) is 4.79 Å². The monoisotopic (exact) mass is 288 g/mol. The minimum atomic E-state index is -0.556. The number of carbonyl (C=O) groups excluding carboxylic acids is 1. The van der Waals surface area contributed by atoms with Gasteiger partial charge in [-0.15, -0.1) is 0 Å². The van der Waals surface area contributed by atoms with Gasteiger partial charge in [0.05, 0.1) is 12.5 Å². The Labute approximate surface area is 124 Å². The Morgan fingerprint density at radius 3 is 2.20 bits per heavy atom. The second-order valence-electron chi connectivity index (χ2n) is 5.07. The summed E-state index contributed by atoms with van der Waals surface area (Å²) < 4.78 is 5.14. The number of carbonyl (C=O) groups is 1. The van der Waals surface area contributed by atoms with Crippen LogP contribution in [0.3, 0.4) is 0 Å². The Morgan fingerprint density at radius 1 is 1.10 bits per heavy atom. The van der Waals surface area contributed by atoms with Crippen LogP contribution in [0.5, 0.6) is 5.75 Å². The molecule has 2 nitrogen and oxygen atoms in total. The van der Waals surface area contributed by atoms with E-state index < -0.39 is 5.41 Å². The van der Waals surface area contributed by atoms with Gasteiger partial charge in [-0.05, 0) is 48.7 Å². The first-order chi connectivity index (χ1) is 9.57. The average molecular weight is 289 g/mol. The van der Waals surface area contributed by atoms with E-state index >= 15 is 0 Å².